The first-order valence-electron chi connectivity index (χ1n) is 6.83. The topological polar surface area (TPSA) is 57.8 Å². The van der Waals surface area contributed by atoms with Crippen LogP contribution in [0.25, 0.3) is 0 Å². The molecule has 4 nitrogen and oxygen atoms in total. The Kier molecular flexibility index (Phi) is 4.23. The van der Waals surface area contributed by atoms with Gasteiger partial charge >= 0.3 is 0 Å². The molecule has 0 spiro atoms. The highest BCUT2D eigenvalue weighted by molar-refractivity contribution is 5.83. The van der Waals surface area contributed by atoms with Gasteiger partial charge in [0.15, 0.2) is 0 Å². The van der Waals surface area contributed by atoms with Crippen LogP contribution in [0.15, 0.2) is 24.3 Å². The van der Waals surface area contributed by atoms with Gasteiger partial charge in [-0.05, 0) is 33.3 Å². The van der Waals surface area contributed by atoms with Crippen LogP contribution in [0, 0.1) is 20.8 Å². The maximum Gasteiger partial charge on any atom is 0.227 e. The molecule has 2 aromatic rings. The maximum atomic E-state index is 12.3. The number of rotatable bonds is 4. The fraction of sp³-hybridized carbons (Fsp3) is 0.375. The van der Waals surface area contributed by atoms with Crippen LogP contribution in [0.4, 0.5) is 0 Å². The van der Waals surface area contributed by atoms with E-state index in [-0.39, 0.29) is 11.8 Å². The van der Waals surface area contributed by atoms with Crippen LogP contribution < -0.4 is 5.32 Å². The third-order valence-electron chi connectivity index (χ3n) is 3.56. The van der Waals surface area contributed by atoms with E-state index in [1.807, 2.05) is 45.9 Å². The molecule has 0 radical (unpaired) electrons. The zero-order valence-electron chi connectivity index (χ0n) is 12.4. The molecule has 106 valence electrons. The van der Waals surface area contributed by atoms with Crippen molar-refractivity contribution in [3.8, 4) is 0 Å². The lowest BCUT2D eigenvalue weighted by Crippen LogP contribution is -2.28. The van der Waals surface area contributed by atoms with Crippen molar-refractivity contribution < 1.29 is 4.79 Å². The Morgan fingerprint density at radius 3 is 2.70 bits per heavy atom. The molecule has 1 heterocycles. The molecule has 1 aromatic carbocycles. The molecular formula is C16H21N3O. The van der Waals surface area contributed by atoms with E-state index in [4.69, 9.17) is 0 Å². The summed E-state index contributed by atoms with van der Waals surface area (Å²) in [5.74, 6) is -0.169. The minimum absolute atomic E-state index is 0.0270. The van der Waals surface area contributed by atoms with Crippen LogP contribution in [0.2, 0.25) is 0 Å². The van der Waals surface area contributed by atoms with Crippen LogP contribution in [-0.2, 0) is 11.3 Å². The van der Waals surface area contributed by atoms with E-state index in [0.717, 1.165) is 22.5 Å². The van der Waals surface area contributed by atoms with Crippen LogP contribution >= 0.6 is 0 Å². The Labute approximate surface area is 119 Å². The summed E-state index contributed by atoms with van der Waals surface area (Å²) in [5.41, 5.74) is 5.16. The SMILES string of the molecule is Cc1cccc(CNC(=O)C(C)c2c(C)n[nH]c2C)c1. The predicted molar refractivity (Wildman–Crippen MR) is 79.5 cm³/mol. The molecule has 1 amide bonds. The lowest BCUT2D eigenvalue weighted by atomic mass is 9.98. The summed E-state index contributed by atoms with van der Waals surface area (Å²) in [7, 11) is 0. The Bertz CT molecular complexity index is 596. The molecule has 0 saturated carbocycles. The van der Waals surface area contributed by atoms with E-state index >= 15 is 0 Å². The van der Waals surface area contributed by atoms with E-state index in [1.165, 1.54) is 5.56 Å². The Morgan fingerprint density at radius 1 is 1.35 bits per heavy atom. The first kappa shape index (κ1) is 14.3. The van der Waals surface area contributed by atoms with Gasteiger partial charge in [-0.3, -0.25) is 9.89 Å². The van der Waals surface area contributed by atoms with Crippen molar-refractivity contribution in [2.24, 2.45) is 0 Å². The van der Waals surface area contributed by atoms with E-state index in [1.54, 1.807) is 0 Å². The lowest BCUT2D eigenvalue weighted by Gasteiger charge is -2.13. The van der Waals surface area contributed by atoms with Gasteiger partial charge in [-0.2, -0.15) is 5.10 Å². The predicted octanol–water partition coefficient (Wildman–Crippen LogP) is 2.75. The number of H-pyrrole nitrogens is 1. The van der Waals surface area contributed by atoms with Gasteiger partial charge in [-0.1, -0.05) is 29.8 Å². The van der Waals surface area contributed by atoms with Crippen LogP contribution in [0.5, 0.6) is 0 Å². The van der Waals surface area contributed by atoms with Gasteiger partial charge in [0.2, 0.25) is 5.91 Å². The van der Waals surface area contributed by atoms with E-state index in [9.17, 15) is 4.79 Å². The summed E-state index contributed by atoms with van der Waals surface area (Å²) >= 11 is 0. The van der Waals surface area contributed by atoms with Crippen molar-refractivity contribution in [3.63, 3.8) is 0 Å². The molecule has 20 heavy (non-hydrogen) atoms. The first-order valence-corrected chi connectivity index (χ1v) is 6.83. The van der Waals surface area contributed by atoms with Gasteiger partial charge in [-0.15, -0.1) is 0 Å². The molecule has 0 bridgehead atoms. The van der Waals surface area contributed by atoms with Crippen molar-refractivity contribution in [2.75, 3.05) is 0 Å². The lowest BCUT2D eigenvalue weighted by molar-refractivity contribution is -0.122. The number of amides is 1. The van der Waals surface area contributed by atoms with Crippen molar-refractivity contribution in [1.29, 1.82) is 0 Å². The molecule has 1 unspecified atom stereocenters. The molecule has 2 rings (SSSR count). The van der Waals surface area contributed by atoms with E-state index < -0.39 is 0 Å². The van der Waals surface area contributed by atoms with Crippen LogP contribution in [0.3, 0.4) is 0 Å². The van der Waals surface area contributed by atoms with Gasteiger partial charge in [0.25, 0.3) is 0 Å². The van der Waals surface area contributed by atoms with Crippen molar-refractivity contribution >= 4 is 5.91 Å². The summed E-state index contributed by atoms with van der Waals surface area (Å²) in [4.78, 5) is 12.3. The Hall–Kier alpha value is -2.10. The monoisotopic (exact) mass is 271 g/mol. The molecule has 0 aliphatic carbocycles. The number of hydrogen-bond acceptors (Lipinski definition) is 2. The second-order valence-electron chi connectivity index (χ2n) is 5.28. The first-order chi connectivity index (χ1) is 9.49. The third-order valence-corrected chi connectivity index (χ3v) is 3.56. The minimum Gasteiger partial charge on any atom is -0.352 e. The highest BCUT2D eigenvalue weighted by atomic mass is 16.1. The number of aryl methyl sites for hydroxylation is 3. The van der Waals surface area contributed by atoms with Gasteiger partial charge in [-0.25, -0.2) is 0 Å². The summed E-state index contributed by atoms with van der Waals surface area (Å²) in [5, 5.41) is 10.1. The molecule has 4 heteroatoms. The Balaban J connectivity index is 2.02. The smallest absolute Gasteiger partial charge is 0.227 e. The van der Waals surface area contributed by atoms with Crippen molar-refractivity contribution in [3.05, 3.63) is 52.3 Å². The highest BCUT2D eigenvalue weighted by Crippen LogP contribution is 2.21. The van der Waals surface area contributed by atoms with Gasteiger partial charge in [0.1, 0.15) is 0 Å². The standard InChI is InChI=1S/C16H21N3O/c1-10-6-5-7-14(8-10)9-17-16(20)11(2)15-12(3)18-19-13(15)4/h5-8,11H,9H2,1-4H3,(H,17,20)(H,18,19). The number of nitrogens with one attached hydrogen (secondary N) is 2. The molecule has 1 aromatic heterocycles. The largest absolute Gasteiger partial charge is 0.352 e. The molecule has 0 saturated heterocycles. The summed E-state index contributed by atoms with van der Waals surface area (Å²) in [6.07, 6.45) is 0. The number of hydrogen-bond donors (Lipinski definition) is 2. The second kappa shape index (κ2) is 5.90. The average Bonchev–Trinajstić information content (AvgIpc) is 2.75. The summed E-state index contributed by atoms with van der Waals surface area (Å²) in [6, 6.07) is 8.16. The van der Waals surface area contributed by atoms with E-state index in [2.05, 4.69) is 21.6 Å². The quantitative estimate of drug-likeness (QED) is 0.898. The number of aromatic amines is 1. The third kappa shape index (κ3) is 3.07. The molecule has 2 N–H and O–H groups in total. The number of nitrogens with zero attached hydrogens (tertiary/aromatic N) is 1. The van der Waals surface area contributed by atoms with Gasteiger partial charge < -0.3 is 5.32 Å². The second-order valence-corrected chi connectivity index (χ2v) is 5.28. The minimum atomic E-state index is -0.196. The molecule has 0 fully saturated rings. The summed E-state index contributed by atoms with van der Waals surface area (Å²) < 4.78 is 0. The number of carbonyl (C=O) groups excluding carboxylic acids is 1. The number of benzene rings is 1. The zero-order valence-corrected chi connectivity index (χ0v) is 12.4. The highest BCUT2D eigenvalue weighted by Gasteiger charge is 2.20. The molecule has 1 atom stereocenters. The average molecular weight is 271 g/mol. The fourth-order valence-corrected chi connectivity index (χ4v) is 2.49. The summed E-state index contributed by atoms with van der Waals surface area (Å²) in [6.45, 7) is 8.38. The molecular weight excluding hydrogens is 250 g/mol. The van der Waals surface area contributed by atoms with Crippen LogP contribution in [0.1, 0.15) is 40.9 Å². The Morgan fingerprint density at radius 2 is 2.10 bits per heavy atom. The van der Waals surface area contributed by atoms with Gasteiger partial charge in [0, 0.05) is 17.8 Å². The molecule has 0 aliphatic heterocycles. The number of aromatic nitrogens is 2. The molecule has 0 aliphatic rings. The normalized spacial score (nSPS) is 12.2. The van der Waals surface area contributed by atoms with E-state index in [0.29, 0.717) is 6.54 Å². The van der Waals surface area contributed by atoms with Crippen LogP contribution in [-0.4, -0.2) is 16.1 Å². The van der Waals surface area contributed by atoms with Crippen molar-refractivity contribution in [1.82, 2.24) is 15.5 Å². The van der Waals surface area contributed by atoms with Gasteiger partial charge in [0.05, 0.1) is 11.6 Å². The van der Waals surface area contributed by atoms with Crippen molar-refractivity contribution in [2.45, 2.75) is 40.2 Å². The maximum absolute atomic E-state index is 12.3. The fourth-order valence-electron chi connectivity index (χ4n) is 2.49. The number of carbonyl (C=O) groups is 1. The zero-order chi connectivity index (χ0) is 14.7.